The summed E-state index contributed by atoms with van der Waals surface area (Å²) in [5.41, 5.74) is 2.39. The van der Waals surface area contributed by atoms with Gasteiger partial charge in [-0.15, -0.1) is 0 Å². The van der Waals surface area contributed by atoms with Gasteiger partial charge >= 0.3 is 6.09 Å². The summed E-state index contributed by atoms with van der Waals surface area (Å²) in [6.07, 6.45) is -0.0437. The van der Waals surface area contributed by atoms with Crippen molar-refractivity contribution < 1.29 is 14.6 Å². The fourth-order valence-corrected chi connectivity index (χ4v) is 3.88. The number of rotatable bonds is 6. The van der Waals surface area contributed by atoms with Crippen molar-refractivity contribution in [3.8, 4) is 5.75 Å². The summed E-state index contributed by atoms with van der Waals surface area (Å²) >= 11 is 0. The van der Waals surface area contributed by atoms with Gasteiger partial charge in [0.05, 0.1) is 0 Å². The van der Waals surface area contributed by atoms with E-state index in [2.05, 4.69) is 42.6 Å². The topological polar surface area (TPSA) is 58.6 Å². The third-order valence-corrected chi connectivity index (χ3v) is 5.44. The number of ether oxygens (including phenoxy) is 1. The smallest absolute Gasteiger partial charge is 0.404 e. The van der Waals surface area contributed by atoms with Gasteiger partial charge in [0.15, 0.2) is 0 Å². The lowest BCUT2D eigenvalue weighted by atomic mass is 9.90. The zero-order valence-corrected chi connectivity index (χ0v) is 15.3. The van der Waals surface area contributed by atoms with E-state index in [1.807, 2.05) is 36.4 Å². The van der Waals surface area contributed by atoms with Gasteiger partial charge in [0.25, 0.3) is 0 Å². The maximum absolute atomic E-state index is 10.9. The molecule has 3 unspecified atom stereocenters. The molecule has 27 heavy (non-hydrogen) atoms. The first kappa shape index (κ1) is 17.4. The lowest BCUT2D eigenvalue weighted by Crippen LogP contribution is -2.25. The molecule has 0 heterocycles. The summed E-state index contributed by atoms with van der Waals surface area (Å²) in [4.78, 5) is 10.9. The minimum Gasteiger partial charge on any atom is -0.488 e. The quantitative estimate of drug-likeness (QED) is 0.636. The molecule has 0 aromatic heterocycles. The molecule has 0 bridgehead atoms. The van der Waals surface area contributed by atoms with Crippen molar-refractivity contribution in [2.24, 2.45) is 5.92 Å². The number of hydrogen-bond donors (Lipinski definition) is 2. The van der Waals surface area contributed by atoms with Crippen molar-refractivity contribution in [2.75, 3.05) is 0 Å². The van der Waals surface area contributed by atoms with Crippen LogP contribution in [0.3, 0.4) is 0 Å². The molecule has 1 aliphatic rings. The van der Waals surface area contributed by atoms with Crippen LogP contribution in [0.4, 0.5) is 4.79 Å². The molecule has 0 spiro atoms. The molecule has 3 aromatic rings. The van der Waals surface area contributed by atoms with Crippen molar-refractivity contribution in [3.05, 3.63) is 77.9 Å². The van der Waals surface area contributed by atoms with Gasteiger partial charge in [-0.05, 0) is 40.8 Å². The summed E-state index contributed by atoms with van der Waals surface area (Å²) in [5.74, 6) is 1.51. The Bertz CT molecular complexity index is 954. The second-order valence-electron chi connectivity index (χ2n) is 7.22. The molecule has 2 N–H and O–H groups in total. The molecule has 1 aliphatic carbocycles. The molecule has 1 saturated carbocycles. The second-order valence-corrected chi connectivity index (χ2v) is 7.22. The van der Waals surface area contributed by atoms with Crippen LogP contribution in [-0.4, -0.2) is 17.2 Å². The van der Waals surface area contributed by atoms with Crippen molar-refractivity contribution in [3.63, 3.8) is 0 Å². The normalized spacial score (nSPS) is 19.4. The minimum absolute atomic E-state index is 0.0604. The first-order valence-corrected chi connectivity index (χ1v) is 9.31. The number of nitrogens with one attached hydrogen (secondary N) is 1. The molecular formula is C23H23NO3. The van der Waals surface area contributed by atoms with Gasteiger partial charge in [-0.2, -0.15) is 0 Å². The van der Waals surface area contributed by atoms with Gasteiger partial charge in [-0.25, -0.2) is 4.79 Å². The fraction of sp³-hybridized carbons (Fsp3) is 0.261. The lowest BCUT2D eigenvalue weighted by molar-refractivity contribution is 0.193. The number of benzene rings is 3. The second kappa shape index (κ2) is 7.31. The number of hydrogen-bond acceptors (Lipinski definition) is 2. The Balaban J connectivity index is 1.58. The van der Waals surface area contributed by atoms with Gasteiger partial charge in [-0.3, -0.25) is 0 Å². The van der Waals surface area contributed by atoms with Crippen LogP contribution in [0.15, 0.2) is 66.7 Å². The predicted octanol–water partition coefficient (Wildman–Crippen LogP) is 5.18. The highest BCUT2D eigenvalue weighted by atomic mass is 16.5. The van der Waals surface area contributed by atoms with E-state index in [1.165, 1.54) is 10.9 Å². The standard InChI is InChI=1S/C23H23NO3/c1-15(20-13-21(20)24-23(25)26)17-11-12-22(19-10-6-5-9-18(17)19)27-14-16-7-3-2-4-8-16/h2-12,15,20-21,24H,13-14H2,1H3,(H,25,26). The van der Waals surface area contributed by atoms with Crippen LogP contribution in [0.25, 0.3) is 10.8 Å². The van der Waals surface area contributed by atoms with Crippen LogP contribution in [0.2, 0.25) is 0 Å². The van der Waals surface area contributed by atoms with Crippen LogP contribution < -0.4 is 10.1 Å². The van der Waals surface area contributed by atoms with Crippen molar-refractivity contribution >= 4 is 16.9 Å². The Hall–Kier alpha value is -3.01. The highest BCUT2D eigenvalue weighted by Gasteiger charge is 2.43. The van der Waals surface area contributed by atoms with E-state index in [9.17, 15) is 4.79 Å². The average Bonchev–Trinajstić information content (AvgIpc) is 3.44. The molecule has 0 radical (unpaired) electrons. The molecule has 3 atom stereocenters. The van der Waals surface area contributed by atoms with E-state index in [-0.39, 0.29) is 12.0 Å². The SMILES string of the molecule is CC(c1ccc(OCc2ccccc2)c2ccccc12)C1CC1NC(=O)O. The first-order chi connectivity index (χ1) is 13.1. The molecule has 1 amide bonds. The summed E-state index contributed by atoms with van der Waals surface area (Å²) in [7, 11) is 0. The maximum Gasteiger partial charge on any atom is 0.404 e. The molecule has 4 heteroatoms. The van der Waals surface area contributed by atoms with Crippen LogP contribution in [0.5, 0.6) is 5.75 Å². The summed E-state index contributed by atoms with van der Waals surface area (Å²) in [6, 6.07) is 22.6. The van der Waals surface area contributed by atoms with Gasteiger partial charge < -0.3 is 15.2 Å². The summed E-state index contributed by atoms with van der Waals surface area (Å²) in [5, 5.41) is 13.8. The summed E-state index contributed by atoms with van der Waals surface area (Å²) < 4.78 is 6.10. The number of amides is 1. The molecule has 0 aliphatic heterocycles. The van der Waals surface area contributed by atoms with Crippen LogP contribution >= 0.6 is 0 Å². The Morgan fingerprint density at radius 1 is 1.07 bits per heavy atom. The number of fused-ring (bicyclic) bond motifs is 1. The van der Waals surface area contributed by atoms with Crippen molar-refractivity contribution in [1.29, 1.82) is 0 Å². The third-order valence-electron chi connectivity index (χ3n) is 5.44. The Labute approximate surface area is 158 Å². The molecule has 1 fully saturated rings. The zero-order chi connectivity index (χ0) is 18.8. The van der Waals surface area contributed by atoms with E-state index in [0.717, 1.165) is 23.1 Å². The van der Waals surface area contributed by atoms with E-state index in [1.54, 1.807) is 0 Å². The molecule has 138 valence electrons. The van der Waals surface area contributed by atoms with E-state index < -0.39 is 6.09 Å². The van der Waals surface area contributed by atoms with Crippen LogP contribution in [0, 0.1) is 5.92 Å². The van der Waals surface area contributed by atoms with E-state index in [4.69, 9.17) is 9.84 Å². The van der Waals surface area contributed by atoms with E-state index >= 15 is 0 Å². The third kappa shape index (κ3) is 3.75. The molecular weight excluding hydrogens is 338 g/mol. The predicted molar refractivity (Wildman–Crippen MR) is 106 cm³/mol. The van der Waals surface area contributed by atoms with Gasteiger partial charge in [0.2, 0.25) is 0 Å². The monoisotopic (exact) mass is 361 g/mol. The molecule has 4 rings (SSSR count). The number of carbonyl (C=O) groups is 1. The largest absolute Gasteiger partial charge is 0.488 e. The Morgan fingerprint density at radius 3 is 2.52 bits per heavy atom. The van der Waals surface area contributed by atoms with Gasteiger partial charge in [-0.1, -0.05) is 67.6 Å². The Kier molecular flexibility index (Phi) is 4.71. The first-order valence-electron chi connectivity index (χ1n) is 9.31. The van der Waals surface area contributed by atoms with Crippen molar-refractivity contribution in [2.45, 2.75) is 31.9 Å². The highest BCUT2D eigenvalue weighted by Crippen LogP contribution is 2.45. The lowest BCUT2D eigenvalue weighted by Gasteiger charge is -2.17. The maximum atomic E-state index is 10.9. The van der Waals surface area contributed by atoms with Crippen LogP contribution in [0.1, 0.15) is 30.4 Å². The molecule has 4 nitrogen and oxygen atoms in total. The zero-order valence-electron chi connectivity index (χ0n) is 15.3. The highest BCUT2D eigenvalue weighted by molar-refractivity contribution is 5.91. The van der Waals surface area contributed by atoms with Crippen LogP contribution in [-0.2, 0) is 6.61 Å². The Morgan fingerprint density at radius 2 is 1.78 bits per heavy atom. The van der Waals surface area contributed by atoms with Gasteiger partial charge in [0.1, 0.15) is 12.4 Å². The fourth-order valence-electron chi connectivity index (χ4n) is 3.88. The summed E-state index contributed by atoms with van der Waals surface area (Å²) in [6.45, 7) is 2.72. The number of carboxylic acid groups (broad SMARTS) is 1. The molecule has 0 saturated heterocycles. The van der Waals surface area contributed by atoms with Crippen molar-refractivity contribution in [1.82, 2.24) is 5.32 Å². The average molecular weight is 361 g/mol. The minimum atomic E-state index is -0.941. The van der Waals surface area contributed by atoms with Gasteiger partial charge in [0, 0.05) is 11.4 Å². The molecule has 3 aromatic carbocycles. The van der Waals surface area contributed by atoms with E-state index in [0.29, 0.717) is 12.5 Å².